The van der Waals surface area contributed by atoms with Crippen molar-refractivity contribution in [3.8, 4) is 16.9 Å². The molecule has 0 radical (unpaired) electrons. The van der Waals surface area contributed by atoms with Gasteiger partial charge in [-0.1, -0.05) is 45.0 Å². The second-order valence-corrected chi connectivity index (χ2v) is 10.3. The van der Waals surface area contributed by atoms with Crippen LogP contribution in [-0.4, -0.2) is 47.9 Å². The van der Waals surface area contributed by atoms with E-state index in [0.29, 0.717) is 30.8 Å². The average Bonchev–Trinajstić information content (AvgIpc) is 3.25. The van der Waals surface area contributed by atoms with Crippen molar-refractivity contribution in [1.29, 1.82) is 0 Å². The van der Waals surface area contributed by atoms with Crippen molar-refractivity contribution in [2.45, 2.75) is 65.5 Å². The van der Waals surface area contributed by atoms with Crippen molar-refractivity contribution in [3.05, 3.63) is 54.1 Å². The Labute approximate surface area is 208 Å². The lowest BCUT2D eigenvalue weighted by atomic mass is 9.85. The van der Waals surface area contributed by atoms with Gasteiger partial charge in [0, 0.05) is 24.6 Å². The zero-order valence-corrected chi connectivity index (χ0v) is 21.2. The van der Waals surface area contributed by atoms with Crippen molar-refractivity contribution in [2.75, 3.05) is 13.2 Å². The molecule has 3 N–H and O–H groups in total. The molecule has 2 atom stereocenters. The minimum absolute atomic E-state index is 0.0106. The highest BCUT2D eigenvalue weighted by molar-refractivity contribution is 5.93. The van der Waals surface area contributed by atoms with Gasteiger partial charge < -0.3 is 20.7 Å². The van der Waals surface area contributed by atoms with Gasteiger partial charge in [0.15, 0.2) is 0 Å². The fourth-order valence-corrected chi connectivity index (χ4v) is 4.30. The van der Waals surface area contributed by atoms with Gasteiger partial charge in [-0.05, 0) is 67.0 Å². The van der Waals surface area contributed by atoms with Crippen LogP contribution in [0.4, 0.5) is 0 Å². The molecule has 1 saturated heterocycles. The smallest absolute Gasteiger partial charge is 0.248 e. The molecule has 35 heavy (non-hydrogen) atoms. The Bertz CT molecular complexity index is 1030. The maximum atomic E-state index is 13.1. The number of carbonyl (C=O) groups excluding carboxylic acids is 3. The summed E-state index contributed by atoms with van der Waals surface area (Å²) in [6, 6.07) is 14.4. The van der Waals surface area contributed by atoms with E-state index in [0.717, 1.165) is 30.5 Å². The van der Waals surface area contributed by atoms with Gasteiger partial charge in [-0.15, -0.1) is 0 Å². The number of hydrogen-bond acceptors (Lipinski definition) is 4. The minimum Gasteiger partial charge on any atom is -0.494 e. The summed E-state index contributed by atoms with van der Waals surface area (Å²) in [6.45, 7) is 9.17. The standard InChI is InChI=1S/C28H37N3O4/c1-19-7-5-17-31(19)27(34)25(28(2,3)4)30-24(32)8-6-18-35-23-15-13-21(14-16-23)20-9-11-22(12-10-20)26(29)33/h9-16,19,25H,5-8,17-18H2,1-4H3,(H2,29,33)(H,30,32)/t19-,25-/m1/s1. The third-order valence-corrected chi connectivity index (χ3v) is 6.43. The lowest BCUT2D eigenvalue weighted by Gasteiger charge is -2.35. The summed E-state index contributed by atoms with van der Waals surface area (Å²) in [4.78, 5) is 38.8. The quantitative estimate of drug-likeness (QED) is 0.528. The summed E-state index contributed by atoms with van der Waals surface area (Å²) < 4.78 is 5.80. The van der Waals surface area contributed by atoms with Crippen molar-refractivity contribution in [1.82, 2.24) is 10.2 Å². The van der Waals surface area contributed by atoms with E-state index in [1.807, 2.05) is 62.1 Å². The average molecular weight is 480 g/mol. The van der Waals surface area contributed by atoms with E-state index < -0.39 is 11.9 Å². The Morgan fingerprint density at radius 2 is 1.66 bits per heavy atom. The number of benzene rings is 2. The Morgan fingerprint density at radius 1 is 1.06 bits per heavy atom. The molecule has 0 unspecified atom stereocenters. The zero-order valence-electron chi connectivity index (χ0n) is 21.2. The molecule has 0 bridgehead atoms. The summed E-state index contributed by atoms with van der Waals surface area (Å²) in [6.07, 6.45) is 2.86. The monoisotopic (exact) mass is 479 g/mol. The fraction of sp³-hybridized carbons (Fsp3) is 0.464. The van der Waals surface area contributed by atoms with Gasteiger partial charge in [0.2, 0.25) is 17.7 Å². The SMILES string of the molecule is C[C@@H]1CCCN1C(=O)[C@@H](NC(=O)CCCOc1ccc(-c2ccc(C(N)=O)cc2)cc1)C(C)(C)C. The van der Waals surface area contributed by atoms with Gasteiger partial charge in [0.05, 0.1) is 6.61 Å². The molecule has 2 aromatic carbocycles. The summed E-state index contributed by atoms with van der Waals surface area (Å²) in [7, 11) is 0. The highest BCUT2D eigenvalue weighted by atomic mass is 16.5. The molecule has 0 aromatic heterocycles. The van der Waals surface area contributed by atoms with Crippen LogP contribution in [-0.2, 0) is 9.59 Å². The Kier molecular flexibility index (Phi) is 8.54. The number of likely N-dealkylation sites (tertiary alicyclic amines) is 1. The predicted molar refractivity (Wildman–Crippen MR) is 137 cm³/mol. The van der Waals surface area contributed by atoms with Crippen LogP contribution in [0.2, 0.25) is 0 Å². The lowest BCUT2D eigenvalue weighted by Crippen LogP contribution is -2.55. The third kappa shape index (κ3) is 7.07. The van der Waals surface area contributed by atoms with E-state index in [9.17, 15) is 14.4 Å². The first-order valence-electron chi connectivity index (χ1n) is 12.3. The maximum absolute atomic E-state index is 13.1. The molecular weight excluding hydrogens is 442 g/mol. The number of ether oxygens (including phenoxy) is 1. The van der Waals surface area contributed by atoms with E-state index in [4.69, 9.17) is 10.5 Å². The number of amides is 3. The molecule has 3 amide bonds. The summed E-state index contributed by atoms with van der Waals surface area (Å²) in [5.41, 5.74) is 7.37. The molecular formula is C28H37N3O4. The number of nitrogens with one attached hydrogen (secondary N) is 1. The molecule has 0 aliphatic carbocycles. The number of primary amides is 1. The van der Waals surface area contributed by atoms with Gasteiger partial charge in [0.1, 0.15) is 11.8 Å². The van der Waals surface area contributed by atoms with Crippen molar-refractivity contribution in [3.63, 3.8) is 0 Å². The van der Waals surface area contributed by atoms with Gasteiger partial charge in [-0.2, -0.15) is 0 Å². The van der Waals surface area contributed by atoms with Gasteiger partial charge >= 0.3 is 0 Å². The molecule has 1 aliphatic rings. The predicted octanol–water partition coefficient (Wildman–Crippen LogP) is 4.15. The van der Waals surface area contributed by atoms with E-state index in [2.05, 4.69) is 12.2 Å². The van der Waals surface area contributed by atoms with Crippen LogP contribution >= 0.6 is 0 Å². The van der Waals surface area contributed by atoms with Crippen molar-refractivity contribution < 1.29 is 19.1 Å². The zero-order chi connectivity index (χ0) is 25.6. The first kappa shape index (κ1) is 26.3. The molecule has 0 saturated carbocycles. The molecule has 0 spiro atoms. The highest BCUT2D eigenvalue weighted by Gasteiger charge is 2.38. The Morgan fingerprint density at radius 3 is 2.17 bits per heavy atom. The molecule has 1 heterocycles. The van der Waals surface area contributed by atoms with Crippen LogP contribution in [0.1, 0.15) is 63.7 Å². The molecule has 7 nitrogen and oxygen atoms in total. The molecule has 3 rings (SSSR count). The number of rotatable bonds is 9. The first-order chi connectivity index (χ1) is 16.6. The summed E-state index contributed by atoms with van der Waals surface area (Å²) in [5.74, 6) is 0.143. The van der Waals surface area contributed by atoms with Crippen LogP contribution in [0.3, 0.4) is 0 Å². The number of nitrogens with zero attached hydrogens (tertiary/aromatic N) is 1. The largest absolute Gasteiger partial charge is 0.494 e. The van der Waals surface area contributed by atoms with Crippen LogP contribution in [0.15, 0.2) is 48.5 Å². The molecule has 7 heteroatoms. The summed E-state index contributed by atoms with van der Waals surface area (Å²) >= 11 is 0. The lowest BCUT2D eigenvalue weighted by molar-refractivity contribution is -0.140. The summed E-state index contributed by atoms with van der Waals surface area (Å²) in [5, 5.41) is 2.97. The molecule has 1 aliphatic heterocycles. The van der Waals surface area contributed by atoms with E-state index >= 15 is 0 Å². The second kappa shape index (κ2) is 11.4. The van der Waals surface area contributed by atoms with E-state index in [1.165, 1.54) is 0 Å². The Hall–Kier alpha value is -3.35. The van der Waals surface area contributed by atoms with Gasteiger partial charge in [-0.3, -0.25) is 14.4 Å². The third-order valence-electron chi connectivity index (χ3n) is 6.43. The Balaban J connectivity index is 1.46. The number of hydrogen-bond donors (Lipinski definition) is 2. The van der Waals surface area contributed by atoms with Crippen LogP contribution in [0.25, 0.3) is 11.1 Å². The van der Waals surface area contributed by atoms with Crippen LogP contribution in [0, 0.1) is 5.41 Å². The van der Waals surface area contributed by atoms with Crippen molar-refractivity contribution in [2.24, 2.45) is 11.1 Å². The molecule has 1 fully saturated rings. The fourth-order valence-electron chi connectivity index (χ4n) is 4.30. The maximum Gasteiger partial charge on any atom is 0.248 e. The first-order valence-corrected chi connectivity index (χ1v) is 12.3. The number of carbonyl (C=O) groups is 3. The minimum atomic E-state index is -0.541. The van der Waals surface area contributed by atoms with E-state index in [1.54, 1.807) is 12.1 Å². The van der Waals surface area contributed by atoms with Crippen LogP contribution < -0.4 is 15.8 Å². The van der Waals surface area contributed by atoms with Crippen molar-refractivity contribution >= 4 is 17.7 Å². The second-order valence-electron chi connectivity index (χ2n) is 10.3. The van der Waals surface area contributed by atoms with Gasteiger partial charge in [0.25, 0.3) is 0 Å². The van der Waals surface area contributed by atoms with E-state index in [-0.39, 0.29) is 23.3 Å². The normalized spacial score (nSPS) is 16.6. The van der Waals surface area contributed by atoms with Crippen LogP contribution in [0.5, 0.6) is 5.75 Å². The van der Waals surface area contributed by atoms with Gasteiger partial charge in [-0.25, -0.2) is 0 Å². The highest BCUT2D eigenvalue weighted by Crippen LogP contribution is 2.26. The molecule has 2 aromatic rings. The topological polar surface area (TPSA) is 102 Å². The number of nitrogens with two attached hydrogens (primary N) is 1. The molecule has 188 valence electrons.